The van der Waals surface area contributed by atoms with E-state index in [1.54, 1.807) is 32.9 Å². The van der Waals surface area contributed by atoms with Gasteiger partial charge in [0.25, 0.3) is 0 Å². The molecule has 0 aliphatic heterocycles. The first kappa shape index (κ1) is 27.9. The summed E-state index contributed by atoms with van der Waals surface area (Å²) in [6.07, 6.45) is 0.206. The molecule has 3 aromatic carbocycles. The molecule has 0 fully saturated rings. The maximum atomic E-state index is 12.7. The standard InChI is InChI=1S/C31H35N3O5/c1-19(28(35)34-22-14-12-20(13-15-22)16-21(32)17-31(2,3)29(36)37)33-30(38)39-18-27-25-10-6-4-8-23(25)24-9-5-7-11-26(24)27/h4-15,19,21,27H,16-18,32H2,1-3H3,(H,33,38)(H,34,35)(H,36,37)/t19-,21-/m0/s1. The maximum Gasteiger partial charge on any atom is 0.407 e. The number of carboxylic acid groups (broad SMARTS) is 1. The smallest absolute Gasteiger partial charge is 0.407 e. The molecule has 204 valence electrons. The third-order valence-electron chi connectivity index (χ3n) is 7.14. The van der Waals surface area contributed by atoms with Gasteiger partial charge in [0.15, 0.2) is 0 Å². The predicted molar refractivity (Wildman–Crippen MR) is 150 cm³/mol. The second-order valence-corrected chi connectivity index (χ2v) is 10.7. The van der Waals surface area contributed by atoms with Crippen LogP contribution in [0.5, 0.6) is 0 Å². The van der Waals surface area contributed by atoms with E-state index in [0.717, 1.165) is 27.8 Å². The van der Waals surface area contributed by atoms with Gasteiger partial charge in [0.05, 0.1) is 5.41 Å². The van der Waals surface area contributed by atoms with Crippen LogP contribution in [0.25, 0.3) is 11.1 Å². The minimum Gasteiger partial charge on any atom is -0.481 e. The van der Waals surface area contributed by atoms with Crippen molar-refractivity contribution in [2.75, 3.05) is 11.9 Å². The molecule has 39 heavy (non-hydrogen) atoms. The van der Waals surface area contributed by atoms with E-state index in [1.807, 2.05) is 48.5 Å². The molecule has 5 N–H and O–H groups in total. The largest absolute Gasteiger partial charge is 0.481 e. The summed E-state index contributed by atoms with van der Waals surface area (Å²) in [7, 11) is 0. The van der Waals surface area contributed by atoms with Crippen molar-refractivity contribution in [2.45, 2.75) is 51.6 Å². The van der Waals surface area contributed by atoms with Crippen LogP contribution < -0.4 is 16.4 Å². The minimum absolute atomic E-state index is 0.0610. The van der Waals surface area contributed by atoms with Gasteiger partial charge in [0, 0.05) is 17.6 Å². The highest BCUT2D eigenvalue weighted by atomic mass is 16.5. The van der Waals surface area contributed by atoms with E-state index in [0.29, 0.717) is 18.5 Å². The molecule has 0 radical (unpaired) electrons. The van der Waals surface area contributed by atoms with Gasteiger partial charge in [-0.25, -0.2) is 4.79 Å². The summed E-state index contributed by atoms with van der Waals surface area (Å²) in [5, 5.41) is 14.7. The van der Waals surface area contributed by atoms with Crippen LogP contribution in [0.2, 0.25) is 0 Å². The van der Waals surface area contributed by atoms with Gasteiger partial charge in [-0.15, -0.1) is 0 Å². The number of nitrogens with one attached hydrogen (secondary N) is 2. The number of rotatable bonds is 10. The number of alkyl carbamates (subject to hydrolysis) is 1. The predicted octanol–water partition coefficient (Wildman–Crippen LogP) is 4.92. The molecule has 0 bridgehead atoms. The van der Waals surface area contributed by atoms with Gasteiger partial charge < -0.3 is 26.2 Å². The summed E-state index contributed by atoms with van der Waals surface area (Å²) in [4.78, 5) is 36.5. The van der Waals surface area contributed by atoms with Crippen LogP contribution in [-0.2, 0) is 20.7 Å². The van der Waals surface area contributed by atoms with Gasteiger partial charge >= 0.3 is 12.1 Å². The van der Waals surface area contributed by atoms with E-state index in [1.165, 1.54) is 0 Å². The number of hydrogen-bond donors (Lipinski definition) is 4. The van der Waals surface area contributed by atoms with Crippen molar-refractivity contribution >= 4 is 23.7 Å². The molecule has 1 aliphatic carbocycles. The van der Waals surface area contributed by atoms with Gasteiger partial charge in [-0.05, 0) is 73.6 Å². The molecule has 2 atom stereocenters. The lowest BCUT2D eigenvalue weighted by molar-refractivity contribution is -0.147. The summed E-state index contributed by atoms with van der Waals surface area (Å²) in [5.41, 5.74) is 11.3. The lowest BCUT2D eigenvalue weighted by Crippen LogP contribution is -2.42. The number of ether oxygens (including phenoxy) is 1. The molecular formula is C31H35N3O5. The molecule has 0 saturated carbocycles. The number of carboxylic acids is 1. The van der Waals surface area contributed by atoms with Gasteiger partial charge in [0.1, 0.15) is 12.6 Å². The Morgan fingerprint density at radius 3 is 2.08 bits per heavy atom. The highest BCUT2D eigenvalue weighted by Crippen LogP contribution is 2.44. The molecule has 0 heterocycles. The Bertz CT molecular complexity index is 1310. The summed E-state index contributed by atoms with van der Waals surface area (Å²) in [5.74, 6) is -1.32. The zero-order chi connectivity index (χ0) is 28.2. The summed E-state index contributed by atoms with van der Waals surface area (Å²) in [6.45, 7) is 5.08. The summed E-state index contributed by atoms with van der Waals surface area (Å²) < 4.78 is 5.53. The van der Waals surface area contributed by atoms with E-state index in [2.05, 4.69) is 22.8 Å². The zero-order valence-electron chi connectivity index (χ0n) is 22.4. The Morgan fingerprint density at radius 2 is 1.51 bits per heavy atom. The van der Waals surface area contributed by atoms with Crippen molar-refractivity contribution < 1.29 is 24.2 Å². The van der Waals surface area contributed by atoms with Crippen molar-refractivity contribution in [1.82, 2.24) is 5.32 Å². The third-order valence-corrected chi connectivity index (χ3v) is 7.14. The normalized spacial score (nSPS) is 14.1. The molecule has 2 amide bonds. The Hall–Kier alpha value is -4.17. The van der Waals surface area contributed by atoms with Crippen LogP contribution in [0.4, 0.5) is 10.5 Å². The number of fused-ring (bicyclic) bond motifs is 3. The lowest BCUT2D eigenvalue weighted by Gasteiger charge is -2.23. The van der Waals surface area contributed by atoms with Crippen molar-refractivity contribution in [3.8, 4) is 11.1 Å². The number of nitrogens with two attached hydrogens (primary N) is 1. The van der Waals surface area contributed by atoms with Crippen LogP contribution in [0.3, 0.4) is 0 Å². The molecule has 4 rings (SSSR count). The highest BCUT2D eigenvalue weighted by molar-refractivity contribution is 5.96. The quantitative estimate of drug-likeness (QED) is 0.295. The van der Waals surface area contributed by atoms with Gasteiger partial charge in [-0.1, -0.05) is 60.7 Å². The first-order valence-corrected chi connectivity index (χ1v) is 13.1. The van der Waals surface area contributed by atoms with Crippen LogP contribution in [-0.4, -0.2) is 41.8 Å². The van der Waals surface area contributed by atoms with Crippen LogP contribution >= 0.6 is 0 Å². The fraction of sp³-hybridized carbons (Fsp3) is 0.323. The zero-order valence-corrected chi connectivity index (χ0v) is 22.4. The average molecular weight is 530 g/mol. The minimum atomic E-state index is -0.899. The Labute approximate surface area is 228 Å². The fourth-order valence-corrected chi connectivity index (χ4v) is 4.97. The Balaban J connectivity index is 1.26. The van der Waals surface area contributed by atoms with Gasteiger partial charge in [-0.3, -0.25) is 9.59 Å². The number of carbonyl (C=O) groups is 3. The van der Waals surface area contributed by atoms with Crippen molar-refractivity contribution in [3.63, 3.8) is 0 Å². The Morgan fingerprint density at radius 1 is 0.949 bits per heavy atom. The second-order valence-electron chi connectivity index (χ2n) is 10.7. The van der Waals surface area contributed by atoms with Crippen molar-refractivity contribution in [1.29, 1.82) is 0 Å². The number of aliphatic carboxylic acids is 1. The van der Waals surface area contributed by atoms with E-state index < -0.39 is 23.5 Å². The number of anilines is 1. The molecule has 0 saturated heterocycles. The van der Waals surface area contributed by atoms with E-state index >= 15 is 0 Å². The summed E-state index contributed by atoms with van der Waals surface area (Å²) in [6, 6.07) is 22.3. The molecule has 1 aliphatic rings. The van der Waals surface area contributed by atoms with Crippen molar-refractivity contribution in [2.24, 2.45) is 11.1 Å². The highest BCUT2D eigenvalue weighted by Gasteiger charge is 2.30. The number of hydrogen-bond acceptors (Lipinski definition) is 5. The van der Waals surface area contributed by atoms with Crippen LogP contribution in [0, 0.1) is 5.41 Å². The second kappa shape index (κ2) is 11.7. The number of benzene rings is 3. The molecular weight excluding hydrogens is 494 g/mol. The van der Waals surface area contributed by atoms with Crippen LogP contribution in [0.1, 0.15) is 49.8 Å². The van der Waals surface area contributed by atoms with Gasteiger partial charge in [0.2, 0.25) is 5.91 Å². The fourth-order valence-electron chi connectivity index (χ4n) is 4.97. The van der Waals surface area contributed by atoms with E-state index in [9.17, 15) is 19.5 Å². The van der Waals surface area contributed by atoms with Crippen molar-refractivity contribution in [3.05, 3.63) is 89.5 Å². The Kier molecular flexibility index (Phi) is 8.35. The molecule has 8 nitrogen and oxygen atoms in total. The molecule has 3 aromatic rings. The number of amides is 2. The molecule has 0 unspecified atom stereocenters. The molecule has 0 aromatic heterocycles. The summed E-state index contributed by atoms with van der Waals surface area (Å²) >= 11 is 0. The topological polar surface area (TPSA) is 131 Å². The average Bonchev–Trinajstić information content (AvgIpc) is 3.21. The lowest BCUT2D eigenvalue weighted by atomic mass is 9.84. The van der Waals surface area contributed by atoms with E-state index in [4.69, 9.17) is 10.5 Å². The SMILES string of the molecule is C[C@H](NC(=O)OCC1c2ccccc2-c2ccccc21)C(=O)Nc1ccc(C[C@H](N)CC(C)(C)C(=O)O)cc1. The monoisotopic (exact) mass is 529 g/mol. The van der Waals surface area contributed by atoms with E-state index in [-0.39, 0.29) is 24.5 Å². The first-order chi connectivity index (χ1) is 18.5. The molecule has 8 heteroatoms. The maximum absolute atomic E-state index is 12.7. The van der Waals surface area contributed by atoms with Crippen LogP contribution in [0.15, 0.2) is 72.8 Å². The third kappa shape index (κ3) is 6.64. The van der Waals surface area contributed by atoms with Gasteiger partial charge in [-0.2, -0.15) is 0 Å². The molecule has 0 spiro atoms. The first-order valence-electron chi connectivity index (χ1n) is 13.1. The number of carbonyl (C=O) groups excluding carboxylic acids is 2.